The summed E-state index contributed by atoms with van der Waals surface area (Å²) in [6.07, 6.45) is -0.221. The van der Waals surface area contributed by atoms with Crippen LogP contribution in [-0.2, 0) is 19.0 Å². The van der Waals surface area contributed by atoms with Gasteiger partial charge in [0.05, 0.1) is 11.8 Å². The molecule has 1 heterocycles. The number of rotatable bonds is 3. The van der Waals surface area contributed by atoms with Crippen LogP contribution < -0.4 is 11.1 Å². The molecule has 2 aromatic carbocycles. The maximum Gasteiger partial charge on any atom is 0.416 e. The Morgan fingerprint density at radius 2 is 1.89 bits per heavy atom. The van der Waals surface area contributed by atoms with Crippen molar-refractivity contribution in [2.75, 3.05) is 11.1 Å². The molecule has 3 aromatic rings. The van der Waals surface area contributed by atoms with E-state index in [0.29, 0.717) is 17.3 Å². The van der Waals surface area contributed by atoms with Crippen molar-refractivity contribution in [1.29, 1.82) is 0 Å². The number of nitrogens with two attached hydrogens (primary N) is 1. The minimum Gasteiger partial charge on any atom is -0.424 e. The minimum atomic E-state index is -4.36. The Bertz CT molecular complexity index is 948. The molecule has 1 aliphatic rings. The van der Waals surface area contributed by atoms with Gasteiger partial charge in [0.25, 0.3) is 6.01 Å². The maximum atomic E-state index is 12.7. The fraction of sp³-hybridized carbons (Fsp3) is 0.250. The molecule has 0 fully saturated rings. The van der Waals surface area contributed by atoms with Gasteiger partial charge in [-0.05, 0) is 48.6 Å². The second-order valence-electron chi connectivity index (χ2n) is 6.67. The summed E-state index contributed by atoms with van der Waals surface area (Å²) in [6.45, 7) is 0. The summed E-state index contributed by atoms with van der Waals surface area (Å²) >= 11 is 0. The number of nitrogen functional groups attached to an aromatic ring is 1. The van der Waals surface area contributed by atoms with Gasteiger partial charge >= 0.3 is 6.18 Å². The van der Waals surface area contributed by atoms with E-state index >= 15 is 0 Å². The van der Waals surface area contributed by atoms with Crippen LogP contribution in [0.5, 0.6) is 0 Å². The van der Waals surface area contributed by atoms with E-state index in [2.05, 4.69) is 16.4 Å². The summed E-state index contributed by atoms with van der Waals surface area (Å²) in [5.74, 6) is 0.418. The van der Waals surface area contributed by atoms with Crippen LogP contribution >= 0.6 is 0 Å². The van der Waals surface area contributed by atoms with E-state index in [1.807, 2.05) is 12.1 Å². The molecule has 0 amide bonds. The maximum absolute atomic E-state index is 12.7. The highest BCUT2D eigenvalue weighted by Crippen LogP contribution is 2.32. The predicted octanol–water partition coefficient (Wildman–Crippen LogP) is 4.91. The molecule has 0 aliphatic heterocycles. The molecule has 27 heavy (non-hydrogen) atoms. The van der Waals surface area contributed by atoms with Gasteiger partial charge in [0.1, 0.15) is 0 Å². The van der Waals surface area contributed by atoms with Gasteiger partial charge in [-0.1, -0.05) is 24.3 Å². The number of nitrogens with zero attached hydrogens (tertiary/aromatic N) is 1. The standard InChI is InChI=1S/C20H18F3N3O/c21-20(22,23)14-7-4-13(5-8-14)18-11-25-19(27-18)26-15-9-6-12-2-1-3-17(24)16(12)10-15/h1-5,7-8,11,15H,6,9-10,24H2,(H,25,26). The zero-order valence-corrected chi connectivity index (χ0v) is 14.4. The Labute approximate surface area is 154 Å². The van der Waals surface area contributed by atoms with E-state index in [0.717, 1.165) is 42.6 Å². The molecular formula is C20H18F3N3O. The van der Waals surface area contributed by atoms with E-state index < -0.39 is 11.7 Å². The van der Waals surface area contributed by atoms with Gasteiger partial charge in [-0.15, -0.1) is 0 Å². The summed E-state index contributed by atoms with van der Waals surface area (Å²) < 4.78 is 43.7. The molecule has 1 atom stereocenters. The van der Waals surface area contributed by atoms with Crippen molar-refractivity contribution >= 4 is 11.7 Å². The average Bonchev–Trinajstić information content (AvgIpc) is 3.10. The number of hydrogen-bond donors (Lipinski definition) is 2. The number of aryl methyl sites for hydroxylation is 1. The van der Waals surface area contributed by atoms with E-state index in [4.69, 9.17) is 10.2 Å². The molecule has 0 spiro atoms. The van der Waals surface area contributed by atoms with Crippen LogP contribution in [0, 0.1) is 0 Å². The quantitative estimate of drug-likeness (QED) is 0.640. The molecule has 1 unspecified atom stereocenters. The number of hydrogen-bond acceptors (Lipinski definition) is 4. The third-order valence-corrected chi connectivity index (χ3v) is 4.85. The Morgan fingerprint density at radius 3 is 2.63 bits per heavy atom. The van der Waals surface area contributed by atoms with Crippen molar-refractivity contribution in [3.8, 4) is 11.3 Å². The van der Waals surface area contributed by atoms with Crippen LogP contribution in [0.15, 0.2) is 53.1 Å². The number of anilines is 2. The summed E-state index contributed by atoms with van der Waals surface area (Å²) in [6, 6.07) is 11.3. The Hall–Kier alpha value is -2.96. The molecule has 140 valence electrons. The lowest BCUT2D eigenvalue weighted by molar-refractivity contribution is -0.137. The number of fused-ring (bicyclic) bond motifs is 1. The van der Waals surface area contributed by atoms with Crippen molar-refractivity contribution in [3.05, 3.63) is 65.4 Å². The molecule has 0 saturated carbocycles. The minimum absolute atomic E-state index is 0.140. The van der Waals surface area contributed by atoms with Crippen LogP contribution in [0.4, 0.5) is 24.9 Å². The highest BCUT2D eigenvalue weighted by atomic mass is 19.4. The van der Waals surface area contributed by atoms with Crippen molar-refractivity contribution in [2.24, 2.45) is 0 Å². The lowest BCUT2D eigenvalue weighted by Gasteiger charge is -2.25. The van der Waals surface area contributed by atoms with Gasteiger partial charge < -0.3 is 15.5 Å². The van der Waals surface area contributed by atoms with E-state index in [-0.39, 0.29) is 6.04 Å². The van der Waals surface area contributed by atoms with Gasteiger partial charge in [-0.25, -0.2) is 4.98 Å². The fourth-order valence-electron chi connectivity index (χ4n) is 3.41. The lowest BCUT2D eigenvalue weighted by Crippen LogP contribution is -2.28. The highest BCUT2D eigenvalue weighted by molar-refractivity contribution is 5.58. The van der Waals surface area contributed by atoms with Gasteiger partial charge in [-0.3, -0.25) is 0 Å². The van der Waals surface area contributed by atoms with Crippen LogP contribution in [0.2, 0.25) is 0 Å². The monoisotopic (exact) mass is 373 g/mol. The fourth-order valence-corrected chi connectivity index (χ4v) is 3.41. The van der Waals surface area contributed by atoms with Crippen LogP contribution in [0.25, 0.3) is 11.3 Å². The third kappa shape index (κ3) is 3.63. The molecule has 0 saturated heterocycles. The normalized spacial score (nSPS) is 16.8. The first-order valence-corrected chi connectivity index (χ1v) is 8.66. The van der Waals surface area contributed by atoms with Crippen molar-refractivity contribution in [3.63, 3.8) is 0 Å². The number of oxazole rings is 1. The summed E-state index contributed by atoms with van der Waals surface area (Å²) in [5.41, 5.74) is 9.13. The van der Waals surface area contributed by atoms with Crippen LogP contribution in [-0.4, -0.2) is 11.0 Å². The summed E-state index contributed by atoms with van der Waals surface area (Å²) in [7, 11) is 0. The summed E-state index contributed by atoms with van der Waals surface area (Å²) in [5, 5.41) is 3.26. The number of nitrogens with one attached hydrogen (secondary N) is 1. The first kappa shape index (κ1) is 17.5. The molecule has 1 aliphatic carbocycles. The molecule has 7 heteroatoms. The molecular weight excluding hydrogens is 355 g/mol. The number of halogens is 3. The second kappa shape index (κ2) is 6.64. The second-order valence-corrected chi connectivity index (χ2v) is 6.67. The molecule has 0 bridgehead atoms. The summed E-state index contributed by atoms with van der Waals surface area (Å²) in [4.78, 5) is 4.21. The van der Waals surface area contributed by atoms with Gasteiger partial charge in [0, 0.05) is 17.3 Å². The largest absolute Gasteiger partial charge is 0.424 e. The molecule has 4 nitrogen and oxygen atoms in total. The third-order valence-electron chi connectivity index (χ3n) is 4.85. The van der Waals surface area contributed by atoms with Crippen molar-refractivity contribution in [2.45, 2.75) is 31.5 Å². The van der Waals surface area contributed by atoms with E-state index in [1.165, 1.54) is 23.9 Å². The Morgan fingerprint density at radius 1 is 1.11 bits per heavy atom. The van der Waals surface area contributed by atoms with E-state index in [1.54, 1.807) is 0 Å². The average molecular weight is 373 g/mol. The molecule has 0 radical (unpaired) electrons. The zero-order valence-electron chi connectivity index (χ0n) is 14.4. The van der Waals surface area contributed by atoms with Crippen LogP contribution in [0.1, 0.15) is 23.1 Å². The van der Waals surface area contributed by atoms with Gasteiger partial charge in [0.2, 0.25) is 0 Å². The first-order valence-electron chi connectivity index (χ1n) is 8.66. The molecule has 1 aromatic heterocycles. The number of benzene rings is 2. The molecule has 3 N–H and O–H groups in total. The lowest BCUT2D eigenvalue weighted by atomic mass is 9.87. The van der Waals surface area contributed by atoms with E-state index in [9.17, 15) is 13.2 Å². The Kier molecular flexibility index (Phi) is 4.30. The van der Waals surface area contributed by atoms with Crippen molar-refractivity contribution < 1.29 is 17.6 Å². The van der Waals surface area contributed by atoms with Crippen molar-refractivity contribution in [1.82, 2.24) is 4.98 Å². The smallest absolute Gasteiger partial charge is 0.416 e. The first-order chi connectivity index (χ1) is 12.9. The van der Waals surface area contributed by atoms with Crippen LogP contribution in [0.3, 0.4) is 0 Å². The Balaban J connectivity index is 1.47. The zero-order chi connectivity index (χ0) is 19.0. The van der Waals surface area contributed by atoms with Gasteiger partial charge in [-0.2, -0.15) is 13.2 Å². The highest BCUT2D eigenvalue weighted by Gasteiger charge is 2.30. The SMILES string of the molecule is Nc1cccc2c1CC(Nc1ncc(-c3ccc(C(F)(F)F)cc3)o1)CC2. The topological polar surface area (TPSA) is 64.1 Å². The number of aromatic nitrogens is 1. The molecule has 4 rings (SSSR count). The van der Waals surface area contributed by atoms with Gasteiger partial charge in [0.15, 0.2) is 5.76 Å². The predicted molar refractivity (Wildman–Crippen MR) is 97.2 cm³/mol. The number of alkyl halides is 3.